The smallest absolute Gasteiger partial charge is 0.258 e. The van der Waals surface area contributed by atoms with E-state index in [1.54, 1.807) is 48.4 Å². The van der Waals surface area contributed by atoms with Gasteiger partial charge in [-0.05, 0) is 49.4 Å². The summed E-state index contributed by atoms with van der Waals surface area (Å²) < 4.78 is 10.7. The zero-order valence-corrected chi connectivity index (χ0v) is 18.1. The number of nitrogens with one attached hydrogen (secondary N) is 1. The molecule has 32 heavy (non-hydrogen) atoms. The second-order valence-corrected chi connectivity index (χ2v) is 8.24. The van der Waals surface area contributed by atoms with Crippen LogP contribution in [0.2, 0.25) is 0 Å². The van der Waals surface area contributed by atoms with E-state index in [0.717, 1.165) is 25.7 Å². The maximum atomic E-state index is 13.6. The molecule has 7 heteroatoms. The highest BCUT2D eigenvalue weighted by Gasteiger charge is 2.48. The van der Waals surface area contributed by atoms with Gasteiger partial charge in [-0.25, -0.2) is 0 Å². The molecule has 0 bridgehead atoms. The monoisotopic (exact) mass is 433 g/mol. The molecule has 1 heterocycles. The van der Waals surface area contributed by atoms with E-state index in [1.807, 2.05) is 18.2 Å². The summed E-state index contributed by atoms with van der Waals surface area (Å²) in [5.41, 5.74) is 1.05. The summed E-state index contributed by atoms with van der Waals surface area (Å²) in [5, 5.41) is 11.7. The molecule has 4 rings (SSSR count). The third kappa shape index (κ3) is 4.40. The van der Waals surface area contributed by atoms with Gasteiger partial charge in [-0.1, -0.05) is 31.0 Å². The van der Waals surface area contributed by atoms with E-state index in [2.05, 4.69) is 5.32 Å². The molecule has 2 amide bonds. The van der Waals surface area contributed by atoms with E-state index >= 15 is 0 Å². The minimum absolute atomic E-state index is 0.0576. The number of para-hydroxylation sites is 1. The Kier molecular flexibility index (Phi) is 6.60. The van der Waals surface area contributed by atoms with Gasteiger partial charge in [0.25, 0.3) is 5.91 Å². The summed E-state index contributed by atoms with van der Waals surface area (Å²) >= 11 is 0. The van der Waals surface area contributed by atoms with Crippen molar-refractivity contribution in [2.24, 2.45) is 5.92 Å². The number of rotatable bonds is 6. The van der Waals surface area contributed by atoms with E-state index in [1.165, 1.54) is 0 Å². The summed E-state index contributed by atoms with van der Waals surface area (Å²) in [6, 6.07) is 15.5. The fourth-order valence-corrected chi connectivity index (χ4v) is 4.95. The number of hydrogen-bond acceptors (Lipinski definition) is 5. The number of methoxy groups -OCH3 is 1. The van der Waals surface area contributed by atoms with Crippen molar-refractivity contribution < 1.29 is 19.1 Å². The van der Waals surface area contributed by atoms with E-state index in [4.69, 9.17) is 14.7 Å². The van der Waals surface area contributed by atoms with Crippen LogP contribution in [0.3, 0.4) is 0 Å². The zero-order chi connectivity index (χ0) is 22.5. The number of ether oxygens (including phenoxy) is 2. The van der Waals surface area contributed by atoms with Crippen molar-refractivity contribution in [1.29, 1.82) is 5.26 Å². The highest BCUT2D eigenvalue weighted by molar-refractivity contribution is 6.03. The standard InChI is InChI=1S/C25H27N3O4/c1-31-23-12-5-3-10-20(23)25(30)28-21-11-4-2-7-17(21)15-22(28)24(29)27-18-8-6-9-19(16-18)32-14-13-26/h3,5-6,8-10,12,16-17,21-22H,2,4,7,11,14-15H2,1H3,(H,27,29). The number of carbonyl (C=O) groups excluding carboxylic acids is 2. The van der Waals surface area contributed by atoms with Gasteiger partial charge >= 0.3 is 0 Å². The molecule has 2 fully saturated rings. The summed E-state index contributed by atoms with van der Waals surface area (Å²) in [4.78, 5) is 28.8. The molecule has 0 spiro atoms. The number of carbonyl (C=O) groups is 2. The molecule has 2 aromatic rings. The summed E-state index contributed by atoms with van der Waals surface area (Å²) in [5.74, 6) is 0.969. The second kappa shape index (κ2) is 9.73. The number of hydrogen-bond donors (Lipinski definition) is 1. The normalized spacial score (nSPS) is 21.9. The highest BCUT2D eigenvalue weighted by Crippen LogP contribution is 2.41. The average Bonchev–Trinajstić information content (AvgIpc) is 3.22. The van der Waals surface area contributed by atoms with Crippen LogP contribution in [0.4, 0.5) is 5.69 Å². The molecule has 166 valence electrons. The Labute approximate surface area is 187 Å². The summed E-state index contributed by atoms with van der Waals surface area (Å²) in [7, 11) is 1.55. The molecular weight excluding hydrogens is 406 g/mol. The minimum atomic E-state index is -0.552. The molecule has 3 atom stereocenters. The third-order valence-electron chi connectivity index (χ3n) is 6.37. The van der Waals surface area contributed by atoms with Gasteiger partial charge in [0.2, 0.25) is 5.91 Å². The van der Waals surface area contributed by atoms with Crippen molar-refractivity contribution in [3.8, 4) is 17.6 Å². The molecule has 0 radical (unpaired) electrons. The minimum Gasteiger partial charge on any atom is -0.496 e. The zero-order valence-electron chi connectivity index (χ0n) is 18.1. The lowest BCUT2D eigenvalue weighted by atomic mass is 9.84. The van der Waals surface area contributed by atoms with Gasteiger partial charge < -0.3 is 19.7 Å². The molecule has 2 aliphatic rings. The SMILES string of the molecule is COc1ccccc1C(=O)N1C(C(=O)Nc2cccc(OCC#N)c2)CC2CCCCC21. The maximum absolute atomic E-state index is 13.6. The number of nitriles is 1. The Balaban J connectivity index is 1.59. The van der Waals surface area contributed by atoms with Crippen molar-refractivity contribution in [3.05, 3.63) is 54.1 Å². The predicted molar refractivity (Wildman–Crippen MR) is 119 cm³/mol. The summed E-state index contributed by atoms with van der Waals surface area (Å²) in [6.45, 7) is -0.0649. The van der Waals surface area contributed by atoms with Crippen molar-refractivity contribution in [2.45, 2.75) is 44.2 Å². The quantitative estimate of drug-likeness (QED) is 0.743. The number of fused-ring (bicyclic) bond motifs is 1. The number of nitrogens with zero attached hydrogens (tertiary/aromatic N) is 2. The molecule has 2 aromatic carbocycles. The van der Waals surface area contributed by atoms with Gasteiger partial charge in [0.1, 0.15) is 23.6 Å². The molecule has 1 aliphatic heterocycles. The molecule has 1 saturated heterocycles. The molecule has 1 aliphatic carbocycles. The lowest BCUT2D eigenvalue weighted by Gasteiger charge is -2.34. The molecule has 1 N–H and O–H groups in total. The highest BCUT2D eigenvalue weighted by atomic mass is 16.5. The van der Waals surface area contributed by atoms with Gasteiger partial charge in [0, 0.05) is 17.8 Å². The van der Waals surface area contributed by atoms with Gasteiger partial charge in [-0.2, -0.15) is 5.26 Å². The van der Waals surface area contributed by atoms with Crippen molar-refractivity contribution in [3.63, 3.8) is 0 Å². The average molecular weight is 434 g/mol. The van der Waals surface area contributed by atoms with Crippen LogP contribution in [0.5, 0.6) is 11.5 Å². The van der Waals surface area contributed by atoms with E-state index in [9.17, 15) is 9.59 Å². The van der Waals surface area contributed by atoms with E-state index in [-0.39, 0.29) is 24.5 Å². The first-order chi connectivity index (χ1) is 15.6. The molecule has 7 nitrogen and oxygen atoms in total. The number of benzene rings is 2. The Bertz CT molecular complexity index is 1030. The lowest BCUT2D eigenvalue weighted by molar-refractivity contribution is -0.120. The second-order valence-electron chi connectivity index (χ2n) is 8.24. The first kappa shape index (κ1) is 21.7. The predicted octanol–water partition coefficient (Wildman–Crippen LogP) is 4.01. The Morgan fingerprint density at radius 2 is 1.97 bits per heavy atom. The third-order valence-corrected chi connectivity index (χ3v) is 6.37. The van der Waals surface area contributed by atoms with Crippen LogP contribution in [0.15, 0.2) is 48.5 Å². The van der Waals surface area contributed by atoms with Crippen LogP contribution in [0, 0.1) is 17.2 Å². The number of likely N-dealkylation sites (tertiary alicyclic amines) is 1. The van der Waals surface area contributed by atoms with Gasteiger partial charge in [-0.15, -0.1) is 0 Å². The Morgan fingerprint density at radius 1 is 1.16 bits per heavy atom. The van der Waals surface area contributed by atoms with Gasteiger partial charge in [-0.3, -0.25) is 9.59 Å². The van der Waals surface area contributed by atoms with Crippen molar-refractivity contribution in [1.82, 2.24) is 4.90 Å². The Hall–Kier alpha value is -3.53. The van der Waals surface area contributed by atoms with Crippen molar-refractivity contribution >= 4 is 17.5 Å². The Morgan fingerprint density at radius 3 is 2.78 bits per heavy atom. The van der Waals surface area contributed by atoms with E-state index in [0.29, 0.717) is 35.1 Å². The van der Waals surface area contributed by atoms with Gasteiger partial charge in [0.15, 0.2) is 6.61 Å². The van der Waals surface area contributed by atoms with Crippen LogP contribution >= 0.6 is 0 Å². The van der Waals surface area contributed by atoms with Crippen LogP contribution in [-0.4, -0.2) is 42.5 Å². The first-order valence-corrected chi connectivity index (χ1v) is 11.0. The van der Waals surface area contributed by atoms with Crippen LogP contribution in [-0.2, 0) is 4.79 Å². The van der Waals surface area contributed by atoms with E-state index < -0.39 is 6.04 Å². The van der Waals surface area contributed by atoms with Gasteiger partial charge in [0.05, 0.1) is 12.7 Å². The molecule has 1 saturated carbocycles. The first-order valence-electron chi connectivity index (χ1n) is 11.0. The topological polar surface area (TPSA) is 91.7 Å². The van der Waals surface area contributed by atoms with Crippen molar-refractivity contribution in [2.75, 3.05) is 19.0 Å². The number of anilines is 1. The molecular formula is C25H27N3O4. The largest absolute Gasteiger partial charge is 0.496 e. The van der Waals surface area contributed by atoms with Crippen LogP contribution < -0.4 is 14.8 Å². The lowest BCUT2D eigenvalue weighted by Crippen LogP contribution is -2.48. The van der Waals surface area contributed by atoms with Crippen LogP contribution in [0.25, 0.3) is 0 Å². The van der Waals surface area contributed by atoms with Crippen LogP contribution in [0.1, 0.15) is 42.5 Å². The fraction of sp³-hybridized carbons (Fsp3) is 0.400. The molecule has 0 aromatic heterocycles. The number of amides is 2. The summed E-state index contributed by atoms with van der Waals surface area (Å²) in [6.07, 6.45) is 4.78. The maximum Gasteiger partial charge on any atom is 0.258 e. The fourth-order valence-electron chi connectivity index (χ4n) is 4.95. The molecule has 3 unspecified atom stereocenters.